The van der Waals surface area contributed by atoms with Gasteiger partial charge in [-0.3, -0.25) is 9.79 Å². The van der Waals surface area contributed by atoms with E-state index in [1.165, 1.54) is 11.3 Å². The van der Waals surface area contributed by atoms with Gasteiger partial charge >= 0.3 is 0 Å². The summed E-state index contributed by atoms with van der Waals surface area (Å²) in [6, 6.07) is 8.64. The Morgan fingerprint density at radius 3 is 2.46 bits per heavy atom. The minimum atomic E-state index is -0.477. The maximum Gasteiger partial charge on any atom is 0.227 e. The Morgan fingerprint density at radius 2 is 1.88 bits per heavy atom. The third kappa shape index (κ3) is 5.13. The molecule has 0 aromatic heterocycles. The fourth-order valence-corrected chi connectivity index (χ4v) is 3.11. The fraction of sp³-hybridized carbons (Fsp3) is 0.600. The van der Waals surface area contributed by atoms with Gasteiger partial charge in [-0.2, -0.15) is 0 Å². The summed E-state index contributed by atoms with van der Waals surface area (Å²) in [5.74, 6) is 0.929. The average molecular weight is 360 g/mol. The molecule has 2 rings (SSSR count). The first kappa shape index (κ1) is 20.1. The maximum absolute atomic E-state index is 12.2. The highest BCUT2D eigenvalue weighted by molar-refractivity contribution is 5.84. The zero-order chi connectivity index (χ0) is 19.2. The number of nitrogens with zero attached hydrogens (tertiary/aromatic N) is 3. The zero-order valence-corrected chi connectivity index (χ0v) is 16.8. The van der Waals surface area contributed by atoms with Gasteiger partial charge in [0.25, 0.3) is 0 Å². The van der Waals surface area contributed by atoms with Crippen LogP contribution in [-0.4, -0.2) is 63.1 Å². The van der Waals surface area contributed by atoms with Crippen molar-refractivity contribution in [2.75, 3.05) is 51.2 Å². The van der Waals surface area contributed by atoms with Crippen LogP contribution in [0.2, 0.25) is 0 Å². The molecule has 0 spiro atoms. The van der Waals surface area contributed by atoms with Crippen molar-refractivity contribution in [1.82, 2.24) is 15.5 Å². The van der Waals surface area contributed by atoms with Gasteiger partial charge in [-0.15, -0.1) is 0 Å². The molecule has 6 heteroatoms. The minimum absolute atomic E-state index is 0.0622. The standard InChI is InChI=1S/C20H33N5O/c1-6-22-18(26)20(3,4)15-23-19(21-5)25-12-10-24(11-13-25)17-9-7-8-16(2)14-17/h7-9,14H,6,10-13,15H2,1-5H3,(H,21,23)(H,22,26). The number of anilines is 1. The number of carbonyl (C=O) groups excluding carboxylic acids is 1. The zero-order valence-electron chi connectivity index (χ0n) is 16.8. The second-order valence-corrected chi connectivity index (χ2v) is 7.46. The Hall–Kier alpha value is -2.24. The number of carbonyl (C=O) groups is 1. The Labute approximate surface area is 157 Å². The van der Waals surface area contributed by atoms with Crippen LogP contribution in [0.5, 0.6) is 0 Å². The largest absolute Gasteiger partial charge is 0.368 e. The molecule has 1 fully saturated rings. The van der Waals surface area contributed by atoms with Crippen LogP contribution in [0.3, 0.4) is 0 Å². The number of nitrogens with one attached hydrogen (secondary N) is 2. The molecule has 0 bridgehead atoms. The number of amides is 1. The quantitative estimate of drug-likeness (QED) is 0.622. The van der Waals surface area contributed by atoms with Crippen molar-refractivity contribution >= 4 is 17.6 Å². The van der Waals surface area contributed by atoms with E-state index >= 15 is 0 Å². The summed E-state index contributed by atoms with van der Waals surface area (Å²) in [6.45, 7) is 12.9. The Morgan fingerprint density at radius 1 is 1.19 bits per heavy atom. The maximum atomic E-state index is 12.2. The SMILES string of the molecule is CCNC(=O)C(C)(C)CNC(=NC)N1CCN(c2cccc(C)c2)CC1. The highest BCUT2D eigenvalue weighted by Gasteiger charge is 2.28. The smallest absolute Gasteiger partial charge is 0.227 e. The predicted molar refractivity (Wildman–Crippen MR) is 109 cm³/mol. The first-order chi connectivity index (χ1) is 12.4. The molecule has 0 atom stereocenters. The molecule has 0 radical (unpaired) electrons. The molecule has 6 nitrogen and oxygen atoms in total. The van der Waals surface area contributed by atoms with Crippen molar-refractivity contribution in [3.8, 4) is 0 Å². The van der Waals surface area contributed by atoms with Crippen molar-refractivity contribution in [3.63, 3.8) is 0 Å². The molecule has 1 saturated heterocycles. The lowest BCUT2D eigenvalue weighted by Crippen LogP contribution is -2.54. The molecule has 1 aromatic rings. The minimum Gasteiger partial charge on any atom is -0.368 e. The van der Waals surface area contributed by atoms with Gasteiger partial charge in [0.2, 0.25) is 5.91 Å². The summed E-state index contributed by atoms with van der Waals surface area (Å²) in [5, 5.41) is 6.28. The summed E-state index contributed by atoms with van der Waals surface area (Å²) >= 11 is 0. The molecular formula is C20H33N5O. The lowest BCUT2D eigenvalue weighted by Gasteiger charge is -2.38. The van der Waals surface area contributed by atoms with Crippen molar-refractivity contribution < 1.29 is 4.79 Å². The fourth-order valence-electron chi connectivity index (χ4n) is 3.11. The van der Waals surface area contributed by atoms with E-state index in [2.05, 4.69) is 56.6 Å². The van der Waals surface area contributed by atoms with Crippen LogP contribution in [0.1, 0.15) is 26.3 Å². The van der Waals surface area contributed by atoms with Crippen LogP contribution in [0, 0.1) is 12.3 Å². The Balaban J connectivity index is 1.89. The van der Waals surface area contributed by atoms with E-state index < -0.39 is 5.41 Å². The summed E-state index contributed by atoms with van der Waals surface area (Å²) in [4.78, 5) is 21.2. The van der Waals surface area contributed by atoms with Crippen molar-refractivity contribution in [3.05, 3.63) is 29.8 Å². The summed E-state index contributed by atoms with van der Waals surface area (Å²) in [7, 11) is 1.80. The van der Waals surface area contributed by atoms with Gasteiger partial charge in [-0.05, 0) is 45.4 Å². The first-order valence-electron chi connectivity index (χ1n) is 9.43. The highest BCUT2D eigenvalue weighted by Crippen LogP contribution is 2.18. The highest BCUT2D eigenvalue weighted by atomic mass is 16.2. The predicted octanol–water partition coefficient (Wildman–Crippen LogP) is 1.85. The third-order valence-electron chi connectivity index (χ3n) is 4.80. The lowest BCUT2D eigenvalue weighted by atomic mass is 9.92. The van der Waals surface area contributed by atoms with E-state index in [1.807, 2.05) is 20.8 Å². The molecule has 1 aliphatic rings. The number of hydrogen-bond acceptors (Lipinski definition) is 3. The van der Waals surface area contributed by atoms with Crippen LogP contribution in [0.4, 0.5) is 5.69 Å². The van der Waals surface area contributed by atoms with Crippen LogP contribution in [0.25, 0.3) is 0 Å². The molecule has 0 saturated carbocycles. The summed E-state index contributed by atoms with van der Waals surface area (Å²) in [6.07, 6.45) is 0. The molecule has 1 aromatic carbocycles. The van der Waals surface area contributed by atoms with Gasteiger partial charge in [0.1, 0.15) is 0 Å². The van der Waals surface area contributed by atoms with Gasteiger partial charge in [0.15, 0.2) is 5.96 Å². The topological polar surface area (TPSA) is 60.0 Å². The number of rotatable bonds is 5. The van der Waals surface area contributed by atoms with Crippen molar-refractivity contribution in [1.29, 1.82) is 0 Å². The number of piperazine rings is 1. The number of aliphatic imine (C=N–C) groups is 1. The van der Waals surface area contributed by atoms with E-state index in [0.717, 1.165) is 32.1 Å². The van der Waals surface area contributed by atoms with Crippen LogP contribution >= 0.6 is 0 Å². The monoisotopic (exact) mass is 359 g/mol. The van der Waals surface area contributed by atoms with Crippen LogP contribution in [-0.2, 0) is 4.79 Å². The second-order valence-electron chi connectivity index (χ2n) is 7.46. The van der Waals surface area contributed by atoms with E-state index in [4.69, 9.17) is 0 Å². The molecule has 2 N–H and O–H groups in total. The Bertz CT molecular complexity index is 633. The van der Waals surface area contributed by atoms with E-state index in [1.54, 1.807) is 7.05 Å². The van der Waals surface area contributed by atoms with Crippen LogP contribution in [0.15, 0.2) is 29.3 Å². The summed E-state index contributed by atoms with van der Waals surface area (Å²) in [5.41, 5.74) is 2.09. The van der Waals surface area contributed by atoms with Crippen molar-refractivity contribution in [2.24, 2.45) is 10.4 Å². The van der Waals surface area contributed by atoms with Gasteiger partial charge in [-0.25, -0.2) is 0 Å². The van der Waals surface area contributed by atoms with Gasteiger partial charge in [-0.1, -0.05) is 12.1 Å². The molecule has 26 heavy (non-hydrogen) atoms. The molecule has 0 aliphatic carbocycles. The molecule has 1 aliphatic heterocycles. The van der Waals surface area contributed by atoms with E-state index in [9.17, 15) is 4.79 Å². The Kier molecular flexibility index (Phi) is 6.89. The van der Waals surface area contributed by atoms with Gasteiger partial charge in [0, 0.05) is 52.0 Å². The molecule has 1 heterocycles. The van der Waals surface area contributed by atoms with Crippen molar-refractivity contribution in [2.45, 2.75) is 27.7 Å². The average Bonchev–Trinajstić information content (AvgIpc) is 2.63. The second kappa shape index (κ2) is 8.92. The number of aryl methyl sites for hydroxylation is 1. The number of hydrogen-bond donors (Lipinski definition) is 2. The van der Waals surface area contributed by atoms with E-state index in [-0.39, 0.29) is 5.91 Å². The van der Waals surface area contributed by atoms with E-state index in [0.29, 0.717) is 13.1 Å². The van der Waals surface area contributed by atoms with Crippen LogP contribution < -0.4 is 15.5 Å². The third-order valence-corrected chi connectivity index (χ3v) is 4.80. The number of guanidine groups is 1. The first-order valence-corrected chi connectivity index (χ1v) is 9.43. The van der Waals surface area contributed by atoms with Gasteiger partial charge < -0.3 is 20.4 Å². The lowest BCUT2D eigenvalue weighted by molar-refractivity contribution is -0.128. The molecule has 0 unspecified atom stereocenters. The molecular weight excluding hydrogens is 326 g/mol. The van der Waals surface area contributed by atoms with Gasteiger partial charge in [0.05, 0.1) is 5.41 Å². The summed E-state index contributed by atoms with van der Waals surface area (Å²) < 4.78 is 0. The molecule has 1 amide bonds. The number of benzene rings is 1. The normalized spacial score (nSPS) is 15.8. The molecule has 144 valence electrons.